The van der Waals surface area contributed by atoms with Crippen LogP contribution in [0.25, 0.3) is 0 Å². The van der Waals surface area contributed by atoms with Crippen molar-refractivity contribution < 1.29 is 17.3 Å². The molecule has 0 saturated carbocycles. The van der Waals surface area contributed by atoms with Gasteiger partial charge in [-0.25, -0.2) is 0 Å². The molecule has 0 N–H and O–H groups in total. The van der Waals surface area contributed by atoms with Crippen molar-refractivity contribution in [2.45, 2.75) is 25.8 Å². The largest absolute Gasteiger partial charge is 0.673 e. The van der Waals surface area contributed by atoms with Crippen LogP contribution in [0, 0.1) is 0 Å². The van der Waals surface area contributed by atoms with Crippen molar-refractivity contribution in [1.82, 2.24) is 0 Å². The van der Waals surface area contributed by atoms with Gasteiger partial charge in [0.25, 0.3) is 0 Å². The summed E-state index contributed by atoms with van der Waals surface area (Å²) in [5.41, 5.74) is 2.78. The highest BCUT2D eigenvalue weighted by molar-refractivity contribution is 6.50. The SMILES string of the molecule is CC1(C)Cc2ccccc2C=N1.F[B-](F)(F)F. The molecule has 1 aliphatic heterocycles. The first kappa shape index (κ1) is 13.7. The van der Waals surface area contributed by atoms with Crippen LogP contribution in [0.2, 0.25) is 0 Å². The second kappa shape index (κ2) is 4.90. The molecule has 1 aliphatic rings. The Bertz CT molecular complexity index is 406. The first-order valence-electron chi connectivity index (χ1n) is 5.18. The van der Waals surface area contributed by atoms with E-state index in [0.717, 1.165) is 6.42 Å². The number of aliphatic imine (C=N–C) groups is 1. The Morgan fingerprint density at radius 3 is 2.24 bits per heavy atom. The van der Waals surface area contributed by atoms with Gasteiger partial charge in [0.05, 0.1) is 5.54 Å². The fourth-order valence-electron chi connectivity index (χ4n) is 1.58. The highest BCUT2D eigenvalue weighted by atomic mass is 19.5. The Hall–Kier alpha value is -1.33. The number of rotatable bonds is 0. The van der Waals surface area contributed by atoms with Crippen LogP contribution >= 0.6 is 0 Å². The van der Waals surface area contributed by atoms with E-state index in [-0.39, 0.29) is 5.54 Å². The second-order valence-electron chi connectivity index (χ2n) is 4.44. The van der Waals surface area contributed by atoms with Crippen LogP contribution in [0.4, 0.5) is 17.3 Å². The molecular formula is C11H13BF4N-. The van der Waals surface area contributed by atoms with Gasteiger partial charge in [-0.2, -0.15) is 0 Å². The molecule has 0 aliphatic carbocycles. The lowest BCUT2D eigenvalue weighted by molar-refractivity contribution is 0.368. The van der Waals surface area contributed by atoms with E-state index in [1.807, 2.05) is 6.21 Å². The van der Waals surface area contributed by atoms with Crippen LogP contribution in [0.15, 0.2) is 29.3 Å². The lowest BCUT2D eigenvalue weighted by Gasteiger charge is -2.24. The van der Waals surface area contributed by atoms with E-state index in [2.05, 4.69) is 43.1 Å². The topological polar surface area (TPSA) is 12.4 Å². The quantitative estimate of drug-likeness (QED) is 0.488. The maximum atomic E-state index is 9.75. The molecule has 1 aromatic carbocycles. The molecule has 0 radical (unpaired) electrons. The molecule has 1 heterocycles. The first-order chi connectivity index (χ1) is 7.67. The summed E-state index contributed by atoms with van der Waals surface area (Å²) >= 11 is 0. The number of nitrogens with zero attached hydrogens (tertiary/aromatic N) is 1. The van der Waals surface area contributed by atoms with E-state index in [1.165, 1.54) is 11.1 Å². The average Bonchev–Trinajstić information content (AvgIpc) is 2.13. The molecule has 0 saturated heterocycles. The van der Waals surface area contributed by atoms with Crippen molar-refractivity contribution in [3.05, 3.63) is 35.4 Å². The van der Waals surface area contributed by atoms with Gasteiger partial charge in [-0.05, 0) is 31.4 Å². The van der Waals surface area contributed by atoms with Gasteiger partial charge in [-0.1, -0.05) is 24.3 Å². The van der Waals surface area contributed by atoms with Crippen molar-refractivity contribution >= 4 is 13.5 Å². The summed E-state index contributed by atoms with van der Waals surface area (Å²) in [4.78, 5) is 4.48. The second-order valence-corrected chi connectivity index (χ2v) is 4.44. The number of fused-ring (bicyclic) bond motifs is 1. The summed E-state index contributed by atoms with van der Waals surface area (Å²) in [6, 6.07) is 8.45. The zero-order chi connectivity index (χ0) is 13.1. The molecule has 0 amide bonds. The average molecular weight is 246 g/mol. The minimum atomic E-state index is -6.00. The molecular weight excluding hydrogens is 233 g/mol. The van der Waals surface area contributed by atoms with Gasteiger partial charge in [0, 0.05) is 6.21 Å². The van der Waals surface area contributed by atoms with Crippen molar-refractivity contribution in [2.24, 2.45) is 4.99 Å². The molecule has 2 rings (SSSR count). The smallest absolute Gasteiger partial charge is 0.418 e. The minimum Gasteiger partial charge on any atom is -0.418 e. The van der Waals surface area contributed by atoms with Crippen LogP contribution in [0.1, 0.15) is 25.0 Å². The van der Waals surface area contributed by atoms with Gasteiger partial charge in [0.1, 0.15) is 0 Å². The Morgan fingerprint density at radius 2 is 1.65 bits per heavy atom. The molecule has 94 valence electrons. The van der Waals surface area contributed by atoms with E-state index in [9.17, 15) is 17.3 Å². The van der Waals surface area contributed by atoms with Crippen molar-refractivity contribution in [3.8, 4) is 0 Å². The summed E-state index contributed by atoms with van der Waals surface area (Å²) in [5, 5.41) is 0. The third kappa shape index (κ3) is 5.52. The maximum Gasteiger partial charge on any atom is 0.673 e. The van der Waals surface area contributed by atoms with E-state index in [0.29, 0.717) is 0 Å². The zero-order valence-electron chi connectivity index (χ0n) is 9.63. The highest BCUT2D eigenvalue weighted by Crippen LogP contribution is 2.23. The van der Waals surface area contributed by atoms with Crippen LogP contribution in [0.3, 0.4) is 0 Å². The zero-order valence-corrected chi connectivity index (χ0v) is 9.63. The van der Waals surface area contributed by atoms with E-state index in [4.69, 9.17) is 0 Å². The number of benzene rings is 1. The Morgan fingerprint density at radius 1 is 1.12 bits per heavy atom. The summed E-state index contributed by atoms with van der Waals surface area (Å²) < 4.78 is 39.0. The molecule has 1 nitrogen and oxygen atoms in total. The van der Waals surface area contributed by atoms with Gasteiger partial charge in [0.15, 0.2) is 0 Å². The Labute approximate surface area is 97.7 Å². The standard InChI is InChI=1S/C11H13N.BF4/c1-11(2)7-9-5-3-4-6-10(9)8-12-11;2-1(3,4)5/h3-6,8H,7H2,1-2H3;/q;-1. The van der Waals surface area contributed by atoms with Gasteiger partial charge in [0.2, 0.25) is 0 Å². The summed E-state index contributed by atoms with van der Waals surface area (Å²) in [7, 11) is -6.00. The highest BCUT2D eigenvalue weighted by Gasteiger charge is 2.21. The van der Waals surface area contributed by atoms with Crippen molar-refractivity contribution in [3.63, 3.8) is 0 Å². The van der Waals surface area contributed by atoms with Gasteiger partial charge < -0.3 is 17.3 Å². The van der Waals surface area contributed by atoms with Crippen LogP contribution < -0.4 is 0 Å². The number of hydrogen-bond acceptors (Lipinski definition) is 1. The molecule has 0 fully saturated rings. The lowest BCUT2D eigenvalue weighted by atomic mass is 9.90. The fourth-order valence-corrected chi connectivity index (χ4v) is 1.58. The fraction of sp³-hybridized carbons (Fsp3) is 0.364. The monoisotopic (exact) mass is 246 g/mol. The summed E-state index contributed by atoms with van der Waals surface area (Å²) in [6.45, 7) is 4.33. The molecule has 0 atom stereocenters. The molecule has 6 heteroatoms. The molecule has 0 unspecified atom stereocenters. The van der Waals surface area contributed by atoms with Gasteiger partial charge in [-0.3, -0.25) is 4.99 Å². The van der Waals surface area contributed by atoms with Crippen LogP contribution in [0.5, 0.6) is 0 Å². The predicted molar refractivity (Wildman–Crippen MR) is 62.0 cm³/mol. The molecule has 17 heavy (non-hydrogen) atoms. The van der Waals surface area contributed by atoms with E-state index in [1.54, 1.807) is 0 Å². The van der Waals surface area contributed by atoms with Crippen molar-refractivity contribution in [2.75, 3.05) is 0 Å². The Balaban J connectivity index is 0.000000249. The summed E-state index contributed by atoms with van der Waals surface area (Å²) in [6.07, 6.45) is 3.04. The first-order valence-corrected chi connectivity index (χ1v) is 5.18. The predicted octanol–water partition coefficient (Wildman–Crippen LogP) is 3.74. The molecule has 1 aromatic rings. The van der Waals surface area contributed by atoms with Gasteiger partial charge in [-0.15, -0.1) is 0 Å². The maximum absolute atomic E-state index is 9.75. The van der Waals surface area contributed by atoms with E-state index >= 15 is 0 Å². The number of hydrogen-bond donors (Lipinski definition) is 0. The number of halogens is 4. The van der Waals surface area contributed by atoms with Crippen molar-refractivity contribution in [1.29, 1.82) is 0 Å². The van der Waals surface area contributed by atoms with Crippen LogP contribution in [-0.4, -0.2) is 19.0 Å². The normalized spacial score (nSPS) is 16.8. The lowest BCUT2D eigenvalue weighted by Crippen LogP contribution is -2.24. The molecule has 0 bridgehead atoms. The van der Waals surface area contributed by atoms with E-state index < -0.39 is 7.25 Å². The third-order valence-corrected chi connectivity index (χ3v) is 2.23. The third-order valence-electron chi connectivity index (χ3n) is 2.23. The van der Waals surface area contributed by atoms with Gasteiger partial charge >= 0.3 is 7.25 Å². The van der Waals surface area contributed by atoms with Crippen LogP contribution in [-0.2, 0) is 6.42 Å². The summed E-state index contributed by atoms with van der Waals surface area (Å²) in [5.74, 6) is 0. The minimum absolute atomic E-state index is 0.0916. The molecule has 0 spiro atoms. The Kier molecular flexibility index (Phi) is 3.96. The molecule has 0 aromatic heterocycles.